The smallest absolute Gasteiger partial charge is 0.134 e. The second-order valence-electron chi connectivity index (χ2n) is 7.15. The molecule has 0 radical (unpaired) electrons. The summed E-state index contributed by atoms with van der Waals surface area (Å²) >= 11 is 0. The van der Waals surface area contributed by atoms with Gasteiger partial charge in [0, 0.05) is 50.7 Å². The summed E-state index contributed by atoms with van der Waals surface area (Å²) in [5, 5.41) is 4.68. The molecule has 1 aromatic carbocycles. The number of aryl methyl sites for hydroxylation is 2. The van der Waals surface area contributed by atoms with Gasteiger partial charge in [0.1, 0.15) is 11.3 Å². The van der Waals surface area contributed by atoms with Crippen LogP contribution in [0.5, 0.6) is 0 Å². The van der Waals surface area contributed by atoms with E-state index in [4.69, 9.17) is 4.42 Å². The zero-order chi connectivity index (χ0) is 15.8. The highest BCUT2D eigenvalue weighted by Crippen LogP contribution is 2.25. The number of hydrogen-bond donors (Lipinski definition) is 1. The topological polar surface area (TPSA) is 31.6 Å². The first kappa shape index (κ1) is 17.7. The molecule has 1 unspecified atom stereocenters. The first-order valence-electron chi connectivity index (χ1n) is 8.86. The SMILES string of the molecule is Cc1cc2cc(CN3CCC(N4CCNCC4)C3)oc2cc1C.Cl. The molecule has 0 aliphatic carbocycles. The average molecular weight is 350 g/mol. The van der Waals surface area contributed by atoms with Gasteiger partial charge in [0.25, 0.3) is 0 Å². The highest BCUT2D eigenvalue weighted by Gasteiger charge is 2.28. The molecule has 2 aromatic rings. The minimum atomic E-state index is 0. The van der Waals surface area contributed by atoms with E-state index in [9.17, 15) is 0 Å². The molecule has 2 saturated heterocycles. The van der Waals surface area contributed by atoms with Crippen LogP contribution in [0.4, 0.5) is 0 Å². The van der Waals surface area contributed by atoms with E-state index in [0.717, 1.165) is 37.0 Å². The van der Waals surface area contributed by atoms with Crippen LogP contribution in [-0.4, -0.2) is 55.1 Å². The molecule has 5 heteroatoms. The maximum Gasteiger partial charge on any atom is 0.134 e. The zero-order valence-corrected chi connectivity index (χ0v) is 15.5. The summed E-state index contributed by atoms with van der Waals surface area (Å²) in [6, 6.07) is 7.36. The average Bonchev–Trinajstić information content (AvgIpc) is 3.16. The van der Waals surface area contributed by atoms with Crippen LogP contribution in [0.3, 0.4) is 0 Å². The van der Waals surface area contributed by atoms with Gasteiger partial charge in [-0.15, -0.1) is 12.4 Å². The minimum Gasteiger partial charge on any atom is -0.460 e. The van der Waals surface area contributed by atoms with Crippen molar-refractivity contribution in [2.24, 2.45) is 0 Å². The normalized spacial score (nSPS) is 22.8. The molecule has 0 bridgehead atoms. The predicted octanol–water partition coefficient (Wildman–Crippen LogP) is 2.95. The zero-order valence-electron chi connectivity index (χ0n) is 14.7. The molecule has 0 spiro atoms. The monoisotopic (exact) mass is 349 g/mol. The number of nitrogens with one attached hydrogen (secondary N) is 1. The summed E-state index contributed by atoms with van der Waals surface area (Å²) in [6.07, 6.45) is 1.29. The third-order valence-corrected chi connectivity index (χ3v) is 5.48. The molecule has 4 nitrogen and oxygen atoms in total. The van der Waals surface area contributed by atoms with E-state index in [1.165, 1.54) is 49.1 Å². The number of likely N-dealkylation sites (tertiary alicyclic amines) is 1. The summed E-state index contributed by atoms with van der Waals surface area (Å²) in [4.78, 5) is 5.20. The van der Waals surface area contributed by atoms with E-state index in [0.29, 0.717) is 0 Å². The van der Waals surface area contributed by atoms with E-state index in [2.05, 4.69) is 47.2 Å². The van der Waals surface area contributed by atoms with Crippen LogP contribution >= 0.6 is 12.4 Å². The second-order valence-corrected chi connectivity index (χ2v) is 7.15. The third kappa shape index (κ3) is 3.62. The lowest BCUT2D eigenvalue weighted by Crippen LogP contribution is -2.49. The van der Waals surface area contributed by atoms with Crippen molar-refractivity contribution in [3.63, 3.8) is 0 Å². The fourth-order valence-electron chi connectivity index (χ4n) is 3.96. The van der Waals surface area contributed by atoms with Gasteiger partial charge in [-0.3, -0.25) is 9.80 Å². The first-order valence-corrected chi connectivity index (χ1v) is 8.86. The Balaban J connectivity index is 0.00000169. The van der Waals surface area contributed by atoms with Crippen LogP contribution in [0, 0.1) is 13.8 Å². The molecule has 3 heterocycles. The molecular formula is C19H28ClN3O. The molecule has 132 valence electrons. The van der Waals surface area contributed by atoms with Crippen LogP contribution in [-0.2, 0) is 6.54 Å². The van der Waals surface area contributed by atoms with Crippen molar-refractivity contribution in [2.75, 3.05) is 39.3 Å². The highest BCUT2D eigenvalue weighted by molar-refractivity contribution is 5.85. The van der Waals surface area contributed by atoms with Crippen LogP contribution in [0.2, 0.25) is 0 Å². The Bertz CT molecular complexity index is 654. The lowest BCUT2D eigenvalue weighted by molar-refractivity contribution is 0.169. The summed E-state index contributed by atoms with van der Waals surface area (Å²) in [5.74, 6) is 1.10. The number of rotatable bonds is 3. The second kappa shape index (κ2) is 7.44. The van der Waals surface area contributed by atoms with E-state index in [1.807, 2.05) is 0 Å². The lowest BCUT2D eigenvalue weighted by atomic mass is 10.1. The van der Waals surface area contributed by atoms with E-state index in [-0.39, 0.29) is 12.4 Å². The lowest BCUT2D eigenvalue weighted by Gasteiger charge is -2.32. The fraction of sp³-hybridized carbons (Fsp3) is 0.579. The number of furan rings is 1. The van der Waals surface area contributed by atoms with Gasteiger partial charge in [0.05, 0.1) is 6.54 Å². The Labute approximate surface area is 150 Å². The van der Waals surface area contributed by atoms with Crippen LogP contribution in [0.25, 0.3) is 11.0 Å². The predicted molar refractivity (Wildman–Crippen MR) is 101 cm³/mol. The van der Waals surface area contributed by atoms with Crippen molar-refractivity contribution in [3.8, 4) is 0 Å². The number of piperazine rings is 1. The molecule has 2 aliphatic heterocycles. The quantitative estimate of drug-likeness (QED) is 0.923. The van der Waals surface area contributed by atoms with Crippen molar-refractivity contribution in [1.82, 2.24) is 15.1 Å². The molecule has 24 heavy (non-hydrogen) atoms. The Morgan fingerprint density at radius 2 is 1.83 bits per heavy atom. The molecular weight excluding hydrogens is 322 g/mol. The Morgan fingerprint density at radius 3 is 2.62 bits per heavy atom. The summed E-state index contributed by atoms with van der Waals surface area (Å²) in [7, 11) is 0. The van der Waals surface area contributed by atoms with Gasteiger partial charge >= 0.3 is 0 Å². The van der Waals surface area contributed by atoms with Crippen molar-refractivity contribution >= 4 is 23.4 Å². The minimum absolute atomic E-state index is 0. The van der Waals surface area contributed by atoms with Gasteiger partial charge in [-0.25, -0.2) is 0 Å². The Hall–Kier alpha value is -1.07. The van der Waals surface area contributed by atoms with Gasteiger partial charge in [0.2, 0.25) is 0 Å². The summed E-state index contributed by atoms with van der Waals surface area (Å²) in [6.45, 7) is 12.3. The largest absolute Gasteiger partial charge is 0.460 e. The molecule has 1 aromatic heterocycles. The standard InChI is InChI=1S/C19H27N3O.ClH/c1-14-9-16-11-18(23-19(16)10-15(14)2)13-21-6-3-17(12-21)22-7-4-20-5-8-22;/h9-11,17,20H,3-8,12-13H2,1-2H3;1H. The molecule has 1 atom stereocenters. The van der Waals surface area contributed by atoms with Gasteiger partial charge in [-0.1, -0.05) is 0 Å². The fourth-order valence-corrected chi connectivity index (χ4v) is 3.96. The molecule has 0 saturated carbocycles. The molecule has 2 aliphatic rings. The molecule has 0 amide bonds. The number of halogens is 1. The van der Waals surface area contributed by atoms with E-state index >= 15 is 0 Å². The number of fused-ring (bicyclic) bond motifs is 1. The van der Waals surface area contributed by atoms with Gasteiger partial charge < -0.3 is 9.73 Å². The molecule has 2 fully saturated rings. The summed E-state index contributed by atoms with van der Waals surface area (Å²) in [5.41, 5.74) is 3.67. The first-order chi connectivity index (χ1) is 11.2. The van der Waals surface area contributed by atoms with Crippen molar-refractivity contribution < 1.29 is 4.42 Å². The maximum absolute atomic E-state index is 6.08. The maximum atomic E-state index is 6.08. The van der Waals surface area contributed by atoms with Crippen LogP contribution in [0.15, 0.2) is 22.6 Å². The van der Waals surface area contributed by atoms with Crippen molar-refractivity contribution in [2.45, 2.75) is 32.9 Å². The van der Waals surface area contributed by atoms with Gasteiger partial charge in [-0.05, 0) is 49.6 Å². The van der Waals surface area contributed by atoms with E-state index < -0.39 is 0 Å². The number of nitrogens with zero attached hydrogens (tertiary/aromatic N) is 2. The number of benzene rings is 1. The molecule has 4 rings (SSSR count). The summed E-state index contributed by atoms with van der Waals surface area (Å²) < 4.78 is 6.08. The van der Waals surface area contributed by atoms with E-state index in [1.54, 1.807) is 0 Å². The number of hydrogen-bond acceptors (Lipinski definition) is 4. The van der Waals surface area contributed by atoms with Crippen LogP contribution < -0.4 is 5.32 Å². The Kier molecular flexibility index (Phi) is 5.50. The Morgan fingerprint density at radius 1 is 1.08 bits per heavy atom. The third-order valence-electron chi connectivity index (χ3n) is 5.48. The molecule has 1 N–H and O–H groups in total. The van der Waals surface area contributed by atoms with Crippen LogP contribution in [0.1, 0.15) is 23.3 Å². The van der Waals surface area contributed by atoms with Gasteiger partial charge in [-0.2, -0.15) is 0 Å². The highest BCUT2D eigenvalue weighted by atomic mass is 35.5. The van der Waals surface area contributed by atoms with Crippen molar-refractivity contribution in [3.05, 3.63) is 35.1 Å². The van der Waals surface area contributed by atoms with Crippen molar-refractivity contribution in [1.29, 1.82) is 0 Å². The van der Waals surface area contributed by atoms with Gasteiger partial charge in [0.15, 0.2) is 0 Å².